The van der Waals surface area contributed by atoms with Crippen LogP contribution in [0.25, 0.3) is 0 Å². The Kier molecular flexibility index (Phi) is 12.9. The summed E-state index contributed by atoms with van der Waals surface area (Å²) in [5, 5.41) is 8.55. The van der Waals surface area contributed by atoms with Crippen LogP contribution >= 0.6 is 0 Å². The molecule has 150 valence electrons. The van der Waals surface area contributed by atoms with Gasteiger partial charge in [0.05, 0.1) is 5.92 Å². The fourth-order valence-electron chi connectivity index (χ4n) is 2.19. The Balaban J connectivity index is 4.09. The van der Waals surface area contributed by atoms with Gasteiger partial charge in [-0.15, -0.1) is 0 Å². The third-order valence-electron chi connectivity index (χ3n) is 3.66. The zero-order valence-corrected chi connectivity index (χ0v) is 15.8. The molecule has 0 aliphatic rings. The van der Waals surface area contributed by atoms with Crippen molar-refractivity contribution in [3.63, 3.8) is 0 Å². The van der Waals surface area contributed by atoms with Crippen LogP contribution in [0.1, 0.15) is 65.7 Å². The zero-order valence-electron chi connectivity index (χ0n) is 15.8. The Morgan fingerprint density at radius 1 is 0.846 bits per heavy atom. The second kappa shape index (κ2) is 14.1. The number of unbranched alkanes of at least 4 members (excludes halogenated alkanes) is 4. The highest BCUT2D eigenvalue weighted by atomic mass is 16.6. The molecular weight excluding hydrogens is 344 g/mol. The van der Waals surface area contributed by atoms with E-state index in [1.54, 1.807) is 6.92 Å². The number of carbonyl (C=O) groups excluding carboxylic acids is 3. The Morgan fingerprint density at radius 3 is 1.85 bits per heavy atom. The van der Waals surface area contributed by atoms with Crippen LogP contribution in [0.15, 0.2) is 0 Å². The first-order chi connectivity index (χ1) is 12.2. The lowest BCUT2D eigenvalue weighted by atomic mass is 10.0. The summed E-state index contributed by atoms with van der Waals surface area (Å²) in [6.45, 7) is 3.91. The molecule has 0 rings (SSSR count). The van der Waals surface area contributed by atoms with E-state index >= 15 is 0 Å². The van der Waals surface area contributed by atoms with Gasteiger partial charge in [-0.3, -0.25) is 19.2 Å². The Morgan fingerprint density at radius 2 is 1.35 bits per heavy atom. The van der Waals surface area contributed by atoms with Gasteiger partial charge in [-0.25, -0.2) is 0 Å². The van der Waals surface area contributed by atoms with E-state index in [1.807, 2.05) is 0 Å². The summed E-state index contributed by atoms with van der Waals surface area (Å²) in [6, 6.07) is 0. The molecule has 1 unspecified atom stereocenters. The SMILES string of the molecule is CC(=O)OCC(COC(C)=O)OC(=O)C(C)CCCCCCCC(=O)O. The molecule has 0 aromatic carbocycles. The summed E-state index contributed by atoms with van der Waals surface area (Å²) in [6.07, 6.45) is 4.22. The van der Waals surface area contributed by atoms with Crippen LogP contribution in [0.3, 0.4) is 0 Å². The van der Waals surface area contributed by atoms with Crippen LogP contribution in [-0.2, 0) is 33.4 Å². The predicted molar refractivity (Wildman–Crippen MR) is 92.3 cm³/mol. The van der Waals surface area contributed by atoms with E-state index in [2.05, 4.69) is 0 Å². The molecule has 0 aliphatic carbocycles. The number of esters is 3. The number of carboxylic acid groups (broad SMARTS) is 1. The molecule has 1 atom stereocenters. The second-order valence-electron chi connectivity index (χ2n) is 6.27. The van der Waals surface area contributed by atoms with Crippen molar-refractivity contribution in [3.05, 3.63) is 0 Å². The van der Waals surface area contributed by atoms with E-state index in [9.17, 15) is 19.2 Å². The fourth-order valence-corrected chi connectivity index (χ4v) is 2.19. The highest BCUT2D eigenvalue weighted by molar-refractivity contribution is 5.72. The van der Waals surface area contributed by atoms with Gasteiger partial charge >= 0.3 is 23.9 Å². The van der Waals surface area contributed by atoms with Gasteiger partial charge in [0, 0.05) is 20.3 Å². The van der Waals surface area contributed by atoms with Crippen LogP contribution in [0, 0.1) is 5.92 Å². The van der Waals surface area contributed by atoms with E-state index in [0.29, 0.717) is 12.8 Å². The van der Waals surface area contributed by atoms with Crippen molar-refractivity contribution in [1.29, 1.82) is 0 Å². The number of carboxylic acids is 1. The maximum Gasteiger partial charge on any atom is 0.309 e. The lowest BCUT2D eigenvalue weighted by molar-refractivity contribution is -0.168. The van der Waals surface area contributed by atoms with Crippen molar-refractivity contribution in [2.45, 2.75) is 71.8 Å². The van der Waals surface area contributed by atoms with E-state index in [-0.39, 0.29) is 25.6 Å². The van der Waals surface area contributed by atoms with E-state index < -0.39 is 30.0 Å². The van der Waals surface area contributed by atoms with Crippen molar-refractivity contribution >= 4 is 23.9 Å². The molecule has 0 saturated heterocycles. The van der Waals surface area contributed by atoms with Gasteiger partial charge in [0.15, 0.2) is 6.10 Å². The van der Waals surface area contributed by atoms with Gasteiger partial charge in [-0.05, 0) is 12.8 Å². The third-order valence-corrected chi connectivity index (χ3v) is 3.66. The number of rotatable bonds is 14. The first-order valence-corrected chi connectivity index (χ1v) is 8.91. The normalized spacial score (nSPS) is 11.7. The predicted octanol–water partition coefficient (Wildman–Crippen LogP) is 2.48. The monoisotopic (exact) mass is 374 g/mol. The van der Waals surface area contributed by atoms with Gasteiger partial charge in [0.1, 0.15) is 13.2 Å². The highest BCUT2D eigenvalue weighted by Crippen LogP contribution is 2.14. The zero-order chi connectivity index (χ0) is 19.9. The Bertz CT molecular complexity index is 442. The summed E-state index contributed by atoms with van der Waals surface area (Å²) < 4.78 is 14.9. The molecule has 8 nitrogen and oxygen atoms in total. The minimum Gasteiger partial charge on any atom is -0.481 e. The van der Waals surface area contributed by atoms with Crippen molar-refractivity contribution in [2.75, 3.05) is 13.2 Å². The molecule has 0 amide bonds. The summed E-state index contributed by atoms with van der Waals surface area (Å²) in [4.78, 5) is 44.3. The first kappa shape index (κ1) is 23.9. The number of hydrogen-bond acceptors (Lipinski definition) is 7. The smallest absolute Gasteiger partial charge is 0.309 e. The minimum absolute atomic E-state index is 0.162. The Labute approximate surface area is 154 Å². The second-order valence-corrected chi connectivity index (χ2v) is 6.27. The number of hydrogen-bond donors (Lipinski definition) is 1. The van der Waals surface area contributed by atoms with Crippen LogP contribution in [-0.4, -0.2) is 48.3 Å². The molecule has 26 heavy (non-hydrogen) atoms. The lowest BCUT2D eigenvalue weighted by Gasteiger charge is -2.19. The van der Waals surface area contributed by atoms with Crippen molar-refractivity contribution < 1.29 is 38.5 Å². The molecule has 0 aliphatic heterocycles. The minimum atomic E-state index is -0.825. The maximum absolute atomic E-state index is 12.1. The average Bonchev–Trinajstić information content (AvgIpc) is 2.55. The van der Waals surface area contributed by atoms with Gasteiger partial charge in [-0.1, -0.05) is 32.6 Å². The van der Waals surface area contributed by atoms with Gasteiger partial charge in [0.25, 0.3) is 0 Å². The van der Waals surface area contributed by atoms with E-state index in [0.717, 1.165) is 25.7 Å². The summed E-state index contributed by atoms with van der Waals surface area (Å²) >= 11 is 0. The summed E-state index contributed by atoms with van der Waals surface area (Å²) in [5.41, 5.74) is 0. The van der Waals surface area contributed by atoms with Gasteiger partial charge < -0.3 is 19.3 Å². The van der Waals surface area contributed by atoms with E-state index in [1.165, 1.54) is 13.8 Å². The van der Waals surface area contributed by atoms with Gasteiger partial charge in [-0.2, -0.15) is 0 Å². The van der Waals surface area contributed by atoms with Crippen LogP contribution in [0.2, 0.25) is 0 Å². The topological polar surface area (TPSA) is 116 Å². The van der Waals surface area contributed by atoms with E-state index in [4.69, 9.17) is 19.3 Å². The number of carbonyl (C=O) groups is 4. The van der Waals surface area contributed by atoms with Crippen molar-refractivity contribution in [2.24, 2.45) is 5.92 Å². The lowest BCUT2D eigenvalue weighted by Crippen LogP contribution is -2.32. The summed E-state index contributed by atoms with van der Waals surface area (Å²) in [7, 11) is 0. The molecule has 0 spiro atoms. The standard InChI is InChI=1S/C18H30O8/c1-13(9-7-5-4-6-8-10-17(21)22)18(23)26-16(11-24-14(2)19)12-25-15(3)20/h13,16H,4-12H2,1-3H3,(H,21,22). The van der Waals surface area contributed by atoms with Crippen LogP contribution < -0.4 is 0 Å². The molecule has 0 saturated carbocycles. The van der Waals surface area contributed by atoms with Crippen LogP contribution in [0.5, 0.6) is 0 Å². The number of aliphatic carboxylic acids is 1. The molecule has 0 radical (unpaired) electrons. The van der Waals surface area contributed by atoms with Gasteiger partial charge in [0.2, 0.25) is 0 Å². The third kappa shape index (κ3) is 14.2. The number of ether oxygens (including phenoxy) is 3. The highest BCUT2D eigenvalue weighted by Gasteiger charge is 2.21. The Hall–Kier alpha value is -2.12. The average molecular weight is 374 g/mol. The quantitative estimate of drug-likeness (QED) is 0.280. The largest absolute Gasteiger partial charge is 0.481 e. The molecule has 8 heteroatoms. The molecule has 1 N–H and O–H groups in total. The summed E-state index contributed by atoms with van der Waals surface area (Å²) in [5.74, 6) is -2.56. The first-order valence-electron chi connectivity index (χ1n) is 8.91. The molecule has 0 heterocycles. The fraction of sp³-hybridized carbons (Fsp3) is 0.778. The molecule has 0 aromatic rings. The molecule has 0 fully saturated rings. The van der Waals surface area contributed by atoms with Crippen molar-refractivity contribution in [1.82, 2.24) is 0 Å². The molecule has 0 bridgehead atoms. The van der Waals surface area contributed by atoms with Crippen LogP contribution in [0.4, 0.5) is 0 Å². The molecule has 0 aromatic heterocycles. The molecular formula is C18H30O8. The van der Waals surface area contributed by atoms with Crippen molar-refractivity contribution in [3.8, 4) is 0 Å². The maximum atomic E-state index is 12.1.